The van der Waals surface area contributed by atoms with Crippen LogP contribution >= 0.6 is 0 Å². The summed E-state index contributed by atoms with van der Waals surface area (Å²) in [4.78, 5) is 15.1. The summed E-state index contributed by atoms with van der Waals surface area (Å²) >= 11 is 0. The Hall–Kier alpha value is -2.01. The number of likely N-dealkylation sites (tertiary alicyclic amines) is 1. The van der Waals surface area contributed by atoms with E-state index in [0.29, 0.717) is 29.8 Å². The number of carbonyl (C=O) groups is 1. The molecule has 0 bridgehead atoms. The van der Waals surface area contributed by atoms with Gasteiger partial charge in [-0.1, -0.05) is 13.8 Å². The number of aryl methyl sites for hydroxylation is 1. The first-order chi connectivity index (χ1) is 12.0. The maximum absolute atomic E-state index is 12.6. The average Bonchev–Trinajstić information content (AvgIpc) is 3.16. The zero-order valence-electron chi connectivity index (χ0n) is 15.6. The quantitative estimate of drug-likeness (QED) is 0.870. The lowest BCUT2D eigenvalue weighted by molar-refractivity contribution is 0.0912. The van der Waals surface area contributed by atoms with Gasteiger partial charge in [0.05, 0.1) is 7.11 Å². The Kier molecular flexibility index (Phi) is 5.33. The van der Waals surface area contributed by atoms with Gasteiger partial charge >= 0.3 is 0 Å². The number of ether oxygens (including phenoxy) is 1. The molecule has 1 aromatic carbocycles. The predicted molar refractivity (Wildman–Crippen MR) is 99.3 cm³/mol. The number of fused-ring (bicyclic) bond motifs is 1. The number of nitrogens with zero attached hydrogens (tertiary/aromatic N) is 1. The molecule has 25 heavy (non-hydrogen) atoms. The fourth-order valence-electron chi connectivity index (χ4n) is 3.67. The number of benzene rings is 1. The molecule has 0 radical (unpaired) electrons. The van der Waals surface area contributed by atoms with Gasteiger partial charge in [-0.25, -0.2) is 0 Å². The summed E-state index contributed by atoms with van der Waals surface area (Å²) in [5, 5.41) is 3.99. The van der Waals surface area contributed by atoms with Crippen LogP contribution in [-0.2, 0) is 0 Å². The lowest BCUT2D eigenvalue weighted by Gasteiger charge is -2.26. The van der Waals surface area contributed by atoms with Crippen LogP contribution in [0, 0.1) is 12.8 Å². The first-order valence-corrected chi connectivity index (χ1v) is 9.09. The highest BCUT2D eigenvalue weighted by Gasteiger charge is 2.26. The van der Waals surface area contributed by atoms with Gasteiger partial charge < -0.3 is 14.5 Å². The number of hydrogen-bond donors (Lipinski definition) is 1. The maximum atomic E-state index is 12.6. The van der Waals surface area contributed by atoms with Crippen molar-refractivity contribution in [2.75, 3.05) is 26.7 Å². The summed E-state index contributed by atoms with van der Waals surface area (Å²) in [5.74, 6) is 1.67. The third-order valence-electron chi connectivity index (χ3n) is 4.95. The van der Waals surface area contributed by atoms with Gasteiger partial charge in [0.15, 0.2) is 5.76 Å². The van der Waals surface area contributed by atoms with Crippen molar-refractivity contribution in [2.45, 2.75) is 39.7 Å². The van der Waals surface area contributed by atoms with Crippen molar-refractivity contribution < 1.29 is 13.9 Å². The van der Waals surface area contributed by atoms with E-state index >= 15 is 0 Å². The van der Waals surface area contributed by atoms with Crippen molar-refractivity contribution in [2.24, 2.45) is 5.92 Å². The number of nitrogens with one attached hydrogen (secondary N) is 1. The van der Waals surface area contributed by atoms with Gasteiger partial charge in [0.25, 0.3) is 5.91 Å². The average molecular weight is 344 g/mol. The van der Waals surface area contributed by atoms with E-state index < -0.39 is 0 Å². The zero-order valence-corrected chi connectivity index (χ0v) is 15.6. The molecule has 0 unspecified atom stereocenters. The molecule has 0 aliphatic carbocycles. The molecular weight excluding hydrogens is 316 g/mol. The van der Waals surface area contributed by atoms with E-state index in [0.717, 1.165) is 36.2 Å². The maximum Gasteiger partial charge on any atom is 0.287 e. The van der Waals surface area contributed by atoms with Crippen LogP contribution < -0.4 is 10.1 Å². The van der Waals surface area contributed by atoms with Crippen LogP contribution in [0.3, 0.4) is 0 Å². The van der Waals surface area contributed by atoms with Crippen LogP contribution in [0.5, 0.6) is 5.75 Å². The minimum atomic E-state index is -0.135. The van der Waals surface area contributed by atoms with Crippen LogP contribution in [0.1, 0.15) is 42.8 Å². The third-order valence-corrected chi connectivity index (χ3v) is 4.95. The van der Waals surface area contributed by atoms with E-state index in [4.69, 9.17) is 9.15 Å². The lowest BCUT2D eigenvalue weighted by Crippen LogP contribution is -2.41. The minimum absolute atomic E-state index is 0.135. The van der Waals surface area contributed by atoms with Crippen LogP contribution in [0.15, 0.2) is 22.6 Å². The summed E-state index contributed by atoms with van der Waals surface area (Å²) in [7, 11) is 1.63. The molecule has 1 aromatic heterocycles. The second-order valence-electron chi connectivity index (χ2n) is 7.31. The molecular formula is C20H28N2O3. The van der Waals surface area contributed by atoms with E-state index in [1.54, 1.807) is 7.11 Å². The normalized spacial score (nSPS) is 18.2. The van der Waals surface area contributed by atoms with Crippen molar-refractivity contribution in [1.82, 2.24) is 10.2 Å². The Labute approximate surface area is 149 Å². The molecule has 1 fully saturated rings. The molecule has 5 nitrogen and oxygen atoms in total. The Balaban J connectivity index is 1.69. The van der Waals surface area contributed by atoms with Crippen molar-refractivity contribution in [3.05, 3.63) is 29.5 Å². The van der Waals surface area contributed by atoms with E-state index in [2.05, 4.69) is 24.1 Å². The molecule has 1 aliphatic heterocycles. The Bertz CT molecular complexity index is 751. The van der Waals surface area contributed by atoms with Gasteiger partial charge in [-0.2, -0.15) is 0 Å². The highest BCUT2D eigenvalue weighted by atomic mass is 16.5. The number of rotatable bonds is 6. The number of methoxy groups -OCH3 is 1. The first-order valence-electron chi connectivity index (χ1n) is 9.09. The van der Waals surface area contributed by atoms with Gasteiger partial charge in [-0.3, -0.25) is 9.69 Å². The Morgan fingerprint density at radius 2 is 2.24 bits per heavy atom. The van der Waals surface area contributed by atoms with Crippen molar-refractivity contribution in [3.63, 3.8) is 0 Å². The fraction of sp³-hybridized carbons (Fsp3) is 0.550. The number of amides is 1. The molecule has 1 aliphatic rings. The molecule has 2 aromatic rings. The smallest absolute Gasteiger partial charge is 0.287 e. The molecule has 0 saturated carbocycles. The highest BCUT2D eigenvalue weighted by Crippen LogP contribution is 2.28. The van der Waals surface area contributed by atoms with Crippen LogP contribution in [0.2, 0.25) is 0 Å². The largest absolute Gasteiger partial charge is 0.497 e. The van der Waals surface area contributed by atoms with Crippen molar-refractivity contribution in [1.29, 1.82) is 0 Å². The topological polar surface area (TPSA) is 54.7 Å². The van der Waals surface area contributed by atoms with Crippen LogP contribution in [-0.4, -0.2) is 43.6 Å². The molecule has 1 amide bonds. The third kappa shape index (κ3) is 3.82. The number of hydrogen-bond acceptors (Lipinski definition) is 4. The summed E-state index contributed by atoms with van der Waals surface area (Å²) < 4.78 is 11.0. The summed E-state index contributed by atoms with van der Waals surface area (Å²) in [6.45, 7) is 9.28. The second-order valence-corrected chi connectivity index (χ2v) is 7.31. The van der Waals surface area contributed by atoms with Crippen LogP contribution in [0.25, 0.3) is 11.0 Å². The molecule has 1 saturated heterocycles. The van der Waals surface area contributed by atoms with E-state index in [1.165, 1.54) is 6.42 Å². The molecule has 136 valence electrons. The second kappa shape index (κ2) is 7.48. The highest BCUT2D eigenvalue weighted by molar-refractivity contribution is 5.99. The van der Waals surface area contributed by atoms with Crippen molar-refractivity contribution >= 4 is 16.9 Å². The molecule has 3 rings (SSSR count). The minimum Gasteiger partial charge on any atom is -0.497 e. The fourth-order valence-corrected chi connectivity index (χ4v) is 3.67. The van der Waals surface area contributed by atoms with Gasteiger partial charge in [0, 0.05) is 30.1 Å². The number of furan rings is 1. The van der Waals surface area contributed by atoms with Crippen LogP contribution in [0.4, 0.5) is 0 Å². The summed E-state index contributed by atoms with van der Waals surface area (Å²) in [5.41, 5.74) is 1.57. The molecule has 1 atom stereocenters. The standard InChI is InChI=1S/C20H28N2O3/c1-13(2)12-22-9-5-6-15(22)11-21-20(23)19-14(3)17-10-16(24-4)7-8-18(17)25-19/h7-8,10,13,15H,5-6,9,11-12H2,1-4H3,(H,21,23)/t15-/m1/s1. The zero-order chi connectivity index (χ0) is 18.0. The molecule has 0 spiro atoms. The SMILES string of the molecule is COc1ccc2oc(C(=O)NC[C@H]3CCCN3CC(C)C)c(C)c2c1. The molecule has 5 heteroatoms. The summed E-state index contributed by atoms with van der Waals surface area (Å²) in [6, 6.07) is 6.03. The lowest BCUT2D eigenvalue weighted by atomic mass is 10.1. The Morgan fingerprint density at radius 1 is 1.44 bits per heavy atom. The monoisotopic (exact) mass is 344 g/mol. The Morgan fingerprint density at radius 3 is 2.96 bits per heavy atom. The summed E-state index contributed by atoms with van der Waals surface area (Å²) in [6.07, 6.45) is 2.35. The van der Waals surface area contributed by atoms with Gasteiger partial charge in [-0.15, -0.1) is 0 Å². The van der Waals surface area contributed by atoms with Gasteiger partial charge in [0.1, 0.15) is 11.3 Å². The van der Waals surface area contributed by atoms with Gasteiger partial charge in [0.2, 0.25) is 0 Å². The molecule has 2 heterocycles. The molecule has 1 N–H and O–H groups in total. The first kappa shape index (κ1) is 17.8. The van der Waals surface area contributed by atoms with Gasteiger partial charge in [-0.05, 0) is 50.4 Å². The van der Waals surface area contributed by atoms with E-state index in [-0.39, 0.29) is 5.91 Å². The number of carbonyl (C=O) groups excluding carboxylic acids is 1. The van der Waals surface area contributed by atoms with E-state index in [9.17, 15) is 4.79 Å². The predicted octanol–water partition coefficient (Wildman–Crippen LogP) is 3.60. The van der Waals surface area contributed by atoms with Crippen molar-refractivity contribution in [3.8, 4) is 5.75 Å². The van der Waals surface area contributed by atoms with E-state index in [1.807, 2.05) is 25.1 Å².